The molecule has 0 saturated carbocycles. The van der Waals surface area contributed by atoms with Gasteiger partial charge in [0.05, 0.1) is 6.42 Å². The maximum absolute atomic E-state index is 10.9. The smallest absolute Gasteiger partial charge is 0.304 e. The van der Waals surface area contributed by atoms with Crippen LogP contribution >= 0.6 is 27.7 Å². The maximum Gasteiger partial charge on any atom is 0.304 e. The van der Waals surface area contributed by atoms with Crippen molar-refractivity contribution in [3.8, 4) is 0 Å². The van der Waals surface area contributed by atoms with E-state index in [1.165, 1.54) is 11.1 Å². The summed E-state index contributed by atoms with van der Waals surface area (Å²) in [5.74, 6) is 1.30. The third kappa shape index (κ3) is 4.23. The number of aliphatic carboxylic acids is 1. The normalized spacial score (nSPS) is 20.4. The van der Waals surface area contributed by atoms with Crippen molar-refractivity contribution in [2.75, 3.05) is 18.1 Å². The first-order valence-corrected chi connectivity index (χ1v) is 8.29. The van der Waals surface area contributed by atoms with Gasteiger partial charge in [0.2, 0.25) is 0 Å². The number of rotatable bonds is 4. The highest BCUT2D eigenvalue weighted by atomic mass is 79.9. The first-order valence-electron chi connectivity index (χ1n) is 6.35. The molecule has 19 heavy (non-hydrogen) atoms. The van der Waals surface area contributed by atoms with Gasteiger partial charge in [-0.15, -0.1) is 0 Å². The molecule has 1 aromatic carbocycles. The topological polar surface area (TPSA) is 40.5 Å². The van der Waals surface area contributed by atoms with Crippen LogP contribution in [0, 0.1) is 6.92 Å². The highest BCUT2D eigenvalue weighted by molar-refractivity contribution is 9.10. The van der Waals surface area contributed by atoms with E-state index < -0.39 is 5.97 Å². The summed E-state index contributed by atoms with van der Waals surface area (Å²) in [5, 5.41) is 8.99. The van der Waals surface area contributed by atoms with Crippen LogP contribution in [0.1, 0.15) is 17.5 Å². The number of nitrogens with zero attached hydrogens (tertiary/aromatic N) is 1. The van der Waals surface area contributed by atoms with E-state index in [0.29, 0.717) is 0 Å². The lowest BCUT2D eigenvalue weighted by Crippen LogP contribution is -2.42. The number of carboxylic acids is 1. The third-order valence-electron chi connectivity index (χ3n) is 3.38. The van der Waals surface area contributed by atoms with Gasteiger partial charge in [-0.3, -0.25) is 9.69 Å². The lowest BCUT2D eigenvalue weighted by molar-refractivity contribution is -0.138. The second-order valence-electron chi connectivity index (χ2n) is 4.88. The van der Waals surface area contributed by atoms with Crippen LogP contribution in [0.4, 0.5) is 0 Å². The van der Waals surface area contributed by atoms with Crippen molar-refractivity contribution in [2.45, 2.75) is 25.9 Å². The van der Waals surface area contributed by atoms with Crippen LogP contribution < -0.4 is 0 Å². The van der Waals surface area contributed by atoms with Crippen LogP contribution in [-0.2, 0) is 11.3 Å². The fourth-order valence-electron chi connectivity index (χ4n) is 2.26. The minimum absolute atomic E-state index is 0.149. The standard InChI is InChI=1S/C14H18BrNO2S/c1-10-2-3-11(6-13(10)15)8-16-4-5-19-9-12(16)7-14(17)18/h2-3,6,12H,4-5,7-9H2,1H3,(H,17,18). The van der Waals surface area contributed by atoms with Crippen LogP contribution in [0.2, 0.25) is 0 Å². The van der Waals surface area contributed by atoms with Crippen molar-refractivity contribution < 1.29 is 9.90 Å². The lowest BCUT2D eigenvalue weighted by atomic mass is 10.1. The first kappa shape index (κ1) is 14.9. The summed E-state index contributed by atoms with van der Waals surface area (Å²) < 4.78 is 1.12. The molecule has 0 bridgehead atoms. The quantitative estimate of drug-likeness (QED) is 0.911. The van der Waals surface area contributed by atoms with E-state index >= 15 is 0 Å². The van der Waals surface area contributed by atoms with Crippen molar-refractivity contribution >= 4 is 33.7 Å². The Morgan fingerprint density at radius 3 is 3.05 bits per heavy atom. The molecule has 1 N–H and O–H groups in total. The van der Waals surface area contributed by atoms with Gasteiger partial charge in [0.25, 0.3) is 0 Å². The van der Waals surface area contributed by atoms with Gasteiger partial charge in [0.15, 0.2) is 0 Å². The zero-order valence-electron chi connectivity index (χ0n) is 10.9. The molecule has 0 aromatic heterocycles. The summed E-state index contributed by atoms with van der Waals surface area (Å²) in [5.41, 5.74) is 2.46. The summed E-state index contributed by atoms with van der Waals surface area (Å²) in [4.78, 5) is 13.2. The van der Waals surface area contributed by atoms with E-state index in [4.69, 9.17) is 5.11 Å². The van der Waals surface area contributed by atoms with Crippen molar-refractivity contribution in [3.63, 3.8) is 0 Å². The zero-order valence-corrected chi connectivity index (χ0v) is 13.3. The molecule has 0 amide bonds. The average molecular weight is 344 g/mol. The fraction of sp³-hybridized carbons (Fsp3) is 0.500. The molecule has 1 atom stereocenters. The van der Waals surface area contributed by atoms with Crippen LogP contribution in [0.5, 0.6) is 0 Å². The molecule has 1 saturated heterocycles. The number of hydrogen-bond acceptors (Lipinski definition) is 3. The fourth-order valence-corrected chi connectivity index (χ4v) is 3.81. The summed E-state index contributed by atoms with van der Waals surface area (Å²) in [6, 6.07) is 6.51. The van der Waals surface area contributed by atoms with Gasteiger partial charge in [0.1, 0.15) is 0 Å². The summed E-state index contributed by atoms with van der Waals surface area (Å²) >= 11 is 5.40. The Bertz CT molecular complexity index is 467. The highest BCUT2D eigenvalue weighted by Crippen LogP contribution is 2.23. The van der Waals surface area contributed by atoms with Crippen LogP contribution in [0.25, 0.3) is 0 Å². The molecule has 1 fully saturated rings. The molecule has 0 spiro atoms. The molecule has 3 nitrogen and oxygen atoms in total. The first-order chi connectivity index (χ1) is 9.06. The molecule has 2 rings (SSSR count). The van der Waals surface area contributed by atoms with Gasteiger partial charge in [-0.25, -0.2) is 0 Å². The summed E-state index contributed by atoms with van der Waals surface area (Å²) in [6.45, 7) is 3.87. The number of hydrogen-bond donors (Lipinski definition) is 1. The number of aryl methyl sites for hydroxylation is 1. The van der Waals surface area contributed by atoms with Crippen LogP contribution in [-0.4, -0.2) is 40.1 Å². The SMILES string of the molecule is Cc1ccc(CN2CCSCC2CC(=O)O)cc1Br. The molecule has 5 heteroatoms. The Morgan fingerprint density at radius 1 is 1.58 bits per heavy atom. The molecule has 1 aliphatic heterocycles. The molecule has 0 aliphatic carbocycles. The Kier molecular flexibility index (Phi) is 5.30. The Hall–Kier alpha value is -0.520. The minimum atomic E-state index is -0.706. The van der Waals surface area contributed by atoms with E-state index in [9.17, 15) is 4.79 Å². The van der Waals surface area contributed by atoms with Gasteiger partial charge in [0, 0.05) is 35.1 Å². The Morgan fingerprint density at radius 2 is 2.37 bits per heavy atom. The van der Waals surface area contributed by atoms with Crippen LogP contribution in [0.15, 0.2) is 22.7 Å². The van der Waals surface area contributed by atoms with Crippen LogP contribution in [0.3, 0.4) is 0 Å². The molecule has 0 radical (unpaired) electrons. The second-order valence-corrected chi connectivity index (χ2v) is 6.88. The van der Waals surface area contributed by atoms with Gasteiger partial charge in [-0.05, 0) is 24.1 Å². The molecule has 1 aromatic rings. The second kappa shape index (κ2) is 6.77. The van der Waals surface area contributed by atoms with Crippen molar-refractivity contribution in [1.82, 2.24) is 4.90 Å². The number of thioether (sulfide) groups is 1. The van der Waals surface area contributed by atoms with E-state index in [1.807, 2.05) is 11.8 Å². The van der Waals surface area contributed by atoms with Gasteiger partial charge in [-0.1, -0.05) is 28.1 Å². The predicted molar refractivity (Wildman–Crippen MR) is 82.7 cm³/mol. The third-order valence-corrected chi connectivity index (χ3v) is 5.33. The molecule has 1 unspecified atom stereocenters. The van der Waals surface area contributed by atoms with Crippen molar-refractivity contribution in [3.05, 3.63) is 33.8 Å². The molecular formula is C14H18BrNO2S. The summed E-state index contributed by atoms with van der Waals surface area (Å²) in [6.07, 6.45) is 0.236. The molecule has 1 heterocycles. The summed E-state index contributed by atoms with van der Waals surface area (Å²) in [7, 11) is 0. The lowest BCUT2D eigenvalue weighted by Gasteiger charge is -2.34. The number of benzene rings is 1. The number of carbonyl (C=O) groups is 1. The number of halogens is 1. The van der Waals surface area contributed by atoms with Gasteiger partial charge < -0.3 is 5.11 Å². The molecule has 104 valence electrons. The van der Waals surface area contributed by atoms with Gasteiger partial charge >= 0.3 is 5.97 Å². The van der Waals surface area contributed by atoms with E-state index in [0.717, 1.165) is 29.1 Å². The largest absolute Gasteiger partial charge is 0.481 e. The number of carboxylic acid groups (broad SMARTS) is 1. The van der Waals surface area contributed by atoms with Gasteiger partial charge in [-0.2, -0.15) is 11.8 Å². The average Bonchev–Trinajstić information content (AvgIpc) is 2.36. The van der Waals surface area contributed by atoms with E-state index in [2.05, 4.69) is 46.0 Å². The molecule has 1 aliphatic rings. The highest BCUT2D eigenvalue weighted by Gasteiger charge is 2.24. The van der Waals surface area contributed by atoms with Crippen molar-refractivity contribution in [2.24, 2.45) is 0 Å². The van der Waals surface area contributed by atoms with E-state index in [-0.39, 0.29) is 12.5 Å². The minimum Gasteiger partial charge on any atom is -0.481 e. The predicted octanol–water partition coefficient (Wildman–Crippen LogP) is 3.15. The van der Waals surface area contributed by atoms with Crippen molar-refractivity contribution in [1.29, 1.82) is 0 Å². The Balaban J connectivity index is 2.06. The molecular weight excluding hydrogens is 326 g/mol. The zero-order chi connectivity index (χ0) is 13.8. The van der Waals surface area contributed by atoms with E-state index in [1.54, 1.807) is 0 Å². The monoisotopic (exact) mass is 343 g/mol. The maximum atomic E-state index is 10.9. The Labute approximate surface area is 126 Å².